The lowest BCUT2D eigenvalue weighted by Crippen LogP contribution is -2.32. The molecule has 1 N–H and O–H groups in total. The Kier molecular flexibility index (Phi) is 5.56. The summed E-state index contributed by atoms with van der Waals surface area (Å²) in [6.07, 6.45) is 2.63. The molecule has 148 valence electrons. The number of rotatable bonds is 4. The Morgan fingerprint density at radius 3 is 2.41 bits per heavy atom. The SMILES string of the molecule is CN(Cc1ccccc1)C(=O)C1CCc2nc(-c3ccccc3)[nH]c(=O)c2CC1. The minimum Gasteiger partial charge on any atom is -0.341 e. The number of hydrogen-bond donors (Lipinski definition) is 1. The second kappa shape index (κ2) is 8.43. The fraction of sp³-hybridized carbons (Fsp3) is 0.292. The van der Waals surface area contributed by atoms with Gasteiger partial charge in [-0.25, -0.2) is 4.98 Å². The largest absolute Gasteiger partial charge is 0.341 e. The van der Waals surface area contributed by atoms with Gasteiger partial charge < -0.3 is 9.88 Å². The van der Waals surface area contributed by atoms with Crippen LogP contribution in [0, 0.1) is 5.92 Å². The van der Waals surface area contributed by atoms with Gasteiger partial charge in [0.1, 0.15) is 5.82 Å². The molecule has 0 saturated carbocycles. The molecule has 5 nitrogen and oxygen atoms in total. The van der Waals surface area contributed by atoms with Gasteiger partial charge in [0.15, 0.2) is 0 Å². The fourth-order valence-electron chi connectivity index (χ4n) is 4.01. The van der Waals surface area contributed by atoms with Crippen LogP contribution in [0.25, 0.3) is 11.4 Å². The van der Waals surface area contributed by atoms with E-state index in [2.05, 4.69) is 4.98 Å². The molecule has 1 heterocycles. The summed E-state index contributed by atoms with van der Waals surface area (Å²) in [4.78, 5) is 35.1. The van der Waals surface area contributed by atoms with E-state index in [9.17, 15) is 9.59 Å². The van der Waals surface area contributed by atoms with E-state index < -0.39 is 0 Å². The van der Waals surface area contributed by atoms with E-state index in [1.165, 1.54) is 0 Å². The molecule has 3 aromatic rings. The second-order valence-corrected chi connectivity index (χ2v) is 7.66. The van der Waals surface area contributed by atoms with E-state index >= 15 is 0 Å². The Morgan fingerprint density at radius 1 is 1.03 bits per heavy atom. The molecule has 0 saturated heterocycles. The van der Waals surface area contributed by atoms with E-state index in [4.69, 9.17) is 4.98 Å². The van der Waals surface area contributed by atoms with Gasteiger partial charge in [0.05, 0.1) is 5.69 Å². The minimum atomic E-state index is -0.0857. The highest BCUT2D eigenvalue weighted by molar-refractivity contribution is 5.78. The molecular weight excluding hydrogens is 362 g/mol. The van der Waals surface area contributed by atoms with E-state index in [0.29, 0.717) is 31.6 Å². The summed E-state index contributed by atoms with van der Waals surface area (Å²) in [6, 6.07) is 19.7. The predicted molar refractivity (Wildman–Crippen MR) is 113 cm³/mol. The van der Waals surface area contributed by atoms with Gasteiger partial charge >= 0.3 is 0 Å². The van der Waals surface area contributed by atoms with Crippen molar-refractivity contribution >= 4 is 5.91 Å². The van der Waals surface area contributed by atoms with Crippen molar-refractivity contribution in [2.24, 2.45) is 5.92 Å². The summed E-state index contributed by atoms with van der Waals surface area (Å²) in [5, 5.41) is 0. The van der Waals surface area contributed by atoms with Crippen molar-refractivity contribution in [3.8, 4) is 11.4 Å². The summed E-state index contributed by atoms with van der Waals surface area (Å²) in [5.74, 6) is 0.652. The number of aryl methyl sites for hydroxylation is 1. The quantitative estimate of drug-likeness (QED) is 0.696. The van der Waals surface area contributed by atoms with E-state index in [0.717, 1.165) is 28.8 Å². The van der Waals surface area contributed by atoms with Gasteiger partial charge in [-0.2, -0.15) is 0 Å². The van der Waals surface area contributed by atoms with Crippen LogP contribution in [0.5, 0.6) is 0 Å². The second-order valence-electron chi connectivity index (χ2n) is 7.66. The molecule has 1 aromatic heterocycles. The maximum atomic E-state index is 13.0. The zero-order chi connectivity index (χ0) is 20.2. The summed E-state index contributed by atoms with van der Waals surface area (Å²) in [6.45, 7) is 0.597. The monoisotopic (exact) mass is 387 g/mol. The maximum Gasteiger partial charge on any atom is 0.254 e. The first-order valence-electron chi connectivity index (χ1n) is 10.1. The number of nitrogens with zero attached hydrogens (tertiary/aromatic N) is 2. The number of aromatic nitrogens is 2. The number of carbonyl (C=O) groups is 1. The molecule has 0 aliphatic heterocycles. The Balaban J connectivity index is 1.50. The number of aromatic amines is 1. The van der Waals surface area contributed by atoms with Crippen LogP contribution < -0.4 is 5.56 Å². The molecule has 0 radical (unpaired) electrons. The van der Waals surface area contributed by atoms with E-state index in [-0.39, 0.29) is 17.4 Å². The molecule has 0 spiro atoms. The first kappa shape index (κ1) is 19.1. The number of fused-ring (bicyclic) bond motifs is 1. The molecule has 0 bridgehead atoms. The van der Waals surface area contributed by atoms with Gasteiger partial charge in [-0.3, -0.25) is 9.59 Å². The molecular formula is C24H25N3O2. The molecule has 1 unspecified atom stereocenters. The third-order valence-electron chi connectivity index (χ3n) is 5.61. The van der Waals surface area contributed by atoms with Crippen molar-refractivity contribution in [1.29, 1.82) is 0 Å². The lowest BCUT2D eigenvalue weighted by molar-refractivity contribution is -0.135. The number of carbonyl (C=O) groups excluding carboxylic acids is 1. The topological polar surface area (TPSA) is 66.1 Å². The smallest absolute Gasteiger partial charge is 0.254 e. The summed E-state index contributed by atoms with van der Waals surface area (Å²) < 4.78 is 0. The van der Waals surface area contributed by atoms with E-state index in [1.54, 1.807) is 4.90 Å². The third-order valence-corrected chi connectivity index (χ3v) is 5.61. The number of benzene rings is 2. The normalized spacial score (nSPS) is 16.0. The number of amides is 1. The Bertz CT molecular complexity index is 1040. The molecule has 4 rings (SSSR count). The first-order chi connectivity index (χ1) is 14.1. The number of hydrogen-bond acceptors (Lipinski definition) is 3. The predicted octanol–water partition coefficient (Wildman–Crippen LogP) is 3.59. The van der Waals surface area contributed by atoms with Gasteiger partial charge in [-0.05, 0) is 31.2 Å². The fourth-order valence-corrected chi connectivity index (χ4v) is 4.01. The lowest BCUT2D eigenvalue weighted by Gasteiger charge is -2.23. The van der Waals surface area contributed by atoms with Crippen molar-refractivity contribution in [3.63, 3.8) is 0 Å². The van der Waals surface area contributed by atoms with Crippen molar-refractivity contribution in [2.75, 3.05) is 7.05 Å². The summed E-state index contributed by atoms with van der Waals surface area (Å²) >= 11 is 0. The zero-order valence-electron chi connectivity index (χ0n) is 16.6. The van der Waals surface area contributed by atoms with Crippen LogP contribution in [-0.4, -0.2) is 27.8 Å². The molecule has 2 aromatic carbocycles. The molecule has 1 aliphatic rings. The highest BCUT2D eigenvalue weighted by atomic mass is 16.2. The number of H-pyrrole nitrogens is 1. The number of nitrogens with one attached hydrogen (secondary N) is 1. The average Bonchev–Trinajstić information content (AvgIpc) is 2.97. The standard InChI is InChI=1S/C24H25N3O2/c1-27(16-17-8-4-2-5-9-17)24(29)19-12-14-20-21(15-13-19)25-22(26-23(20)28)18-10-6-3-7-11-18/h2-11,19H,12-16H2,1H3,(H,25,26,28). The molecule has 1 aliphatic carbocycles. The molecule has 5 heteroatoms. The molecule has 1 amide bonds. The van der Waals surface area contributed by atoms with Gasteiger partial charge in [-0.15, -0.1) is 0 Å². The Hall–Kier alpha value is -3.21. The molecule has 0 fully saturated rings. The average molecular weight is 387 g/mol. The molecule has 1 atom stereocenters. The third kappa shape index (κ3) is 4.29. The van der Waals surface area contributed by atoms with Crippen LogP contribution in [0.4, 0.5) is 0 Å². The maximum absolute atomic E-state index is 13.0. The minimum absolute atomic E-state index is 0.0837. The zero-order valence-corrected chi connectivity index (χ0v) is 16.6. The van der Waals surface area contributed by atoms with Gasteiger partial charge in [-0.1, -0.05) is 60.7 Å². The van der Waals surface area contributed by atoms with Crippen molar-refractivity contribution < 1.29 is 4.79 Å². The summed E-state index contributed by atoms with van der Waals surface area (Å²) in [7, 11) is 1.85. The molecule has 29 heavy (non-hydrogen) atoms. The van der Waals surface area contributed by atoms with Gasteiger partial charge in [0.25, 0.3) is 5.56 Å². The van der Waals surface area contributed by atoms with Crippen LogP contribution in [0.15, 0.2) is 65.5 Å². The van der Waals surface area contributed by atoms with Crippen molar-refractivity contribution in [2.45, 2.75) is 32.2 Å². The van der Waals surface area contributed by atoms with Crippen molar-refractivity contribution in [1.82, 2.24) is 14.9 Å². The van der Waals surface area contributed by atoms with Crippen molar-refractivity contribution in [3.05, 3.63) is 87.8 Å². The summed E-state index contributed by atoms with van der Waals surface area (Å²) in [5.41, 5.74) is 3.48. The lowest BCUT2D eigenvalue weighted by atomic mass is 9.98. The highest BCUT2D eigenvalue weighted by Gasteiger charge is 2.27. The van der Waals surface area contributed by atoms with Crippen LogP contribution in [0.2, 0.25) is 0 Å². The van der Waals surface area contributed by atoms with E-state index in [1.807, 2.05) is 67.7 Å². The first-order valence-corrected chi connectivity index (χ1v) is 10.1. The Labute approximate surface area is 170 Å². The van der Waals surface area contributed by atoms with Crippen LogP contribution in [0.3, 0.4) is 0 Å². The highest BCUT2D eigenvalue weighted by Crippen LogP contribution is 2.25. The van der Waals surface area contributed by atoms with Gasteiger partial charge in [0, 0.05) is 30.6 Å². The Morgan fingerprint density at radius 2 is 1.69 bits per heavy atom. The van der Waals surface area contributed by atoms with Gasteiger partial charge in [0.2, 0.25) is 5.91 Å². The van der Waals surface area contributed by atoms with Crippen LogP contribution >= 0.6 is 0 Å². The van der Waals surface area contributed by atoms with Crippen LogP contribution in [0.1, 0.15) is 29.7 Å². The van der Waals surface area contributed by atoms with Crippen LogP contribution in [-0.2, 0) is 24.2 Å².